The van der Waals surface area contributed by atoms with E-state index in [-0.39, 0.29) is 0 Å². The van der Waals surface area contributed by atoms with E-state index in [0.717, 1.165) is 0 Å². The second-order valence-electron chi connectivity index (χ2n) is 7.54. The van der Waals surface area contributed by atoms with Crippen molar-refractivity contribution in [2.45, 2.75) is 0 Å². The first-order valence-electron chi connectivity index (χ1n) is 11.1. The molecule has 7 heteroatoms. The molecule has 4 aromatic carbocycles. The van der Waals surface area contributed by atoms with Gasteiger partial charge in [-0.1, -0.05) is 121 Å². The van der Waals surface area contributed by atoms with E-state index in [0.29, 0.717) is 0 Å². The van der Waals surface area contributed by atoms with Gasteiger partial charge in [-0.05, 0) is 22.3 Å². The van der Waals surface area contributed by atoms with Crippen LogP contribution < -0.4 is 0 Å². The third kappa shape index (κ3) is 7.55. The highest BCUT2D eigenvalue weighted by molar-refractivity contribution is 7.20. The number of rotatable bonds is 4. The standard InChI is InChI=1S/C28H20S.2CH2O3/c1-5-13-21(14-6-1)25-26(22-15-7-2-8-16-22)28(24-19-11-4-12-20-24)29-27(25)23-17-9-3-10-18-23;2*2-1(3)4/h1-20H;2*(H2,2,3,4). The zero-order valence-corrected chi connectivity index (χ0v) is 20.4. The fourth-order valence-corrected chi connectivity index (χ4v) is 5.13. The monoisotopic (exact) mass is 512 g/mol. The maximum atomic E-state index is 8.56. The van der Waals surface area contributed by atoms with Crippen LogP contribution in [0.25, 0.3) is 43.1 Å². The topological polar surface area (TPSA) is 115 Å². The second kappa shape index (κ2) is 13.3. The molecule has 0 amide bonds. The summed E-state index contributed by atoms with van der Waals surface area (Å²) in [5, 5.41) is 27.9. The third-order valence-electron chi connectivity index (χ3n) is 5.11. The van der Waals surface area contributed by atoms with Crippen molar-refractivity contribution in [1.29, 1.82) is 0 Å². The Balaban J connectivity index is 0.000000420. The van der Waals surface area contributed by atoms with E-state index in [4.69, 9.17) is 30.0 Å². The highest BCUT2D eigenvalue weighted by Crippen LogP contribution is 2.51. The van der Waals surface area contributed by atoms with Crippen LogP contribution in [0.3, 0.4) is 0 Å². The van der Waals surface area contributed by atoms with E-state index < -0.39 is 12.3 Å². The van der Waals surface area contributed by atoms with Gasteiger partial charge in [-0.3, -0.25) is 0 Å². The van der Waals surface area contributed by atoms with Crippen molar-refractivity contribution in [2.75, 3.05) is 0 Å². The molecule has 0 aliphatic carbocycles. The maximum absolute atomic E-state index is 8.56. The number of carbonyl (C=O) groups is 2. The van der Waals surface area contributed by atoms with Gasteiger partial charge in [0.2, 0.25) is 0 Å². The fraction of sp³-hybridized carbons (Fsp3) is 0. The van der Waals surface area contributed by atoms with Crippen LogP contribution >= 0.6 is 11.3 Å². The summed E-state index contributed by atoms with van der Waals surface area (Å²) in [7, 11) is 0. The summed E-state index contributed by atoms with van der Waals surface area (Å²) in [6.07, 6.45) is -3.67. The van der Waals surface area contributed by atoms with Crippen molar-refractivity contribution >= 4 is 23.6 Å². The Morgan fingerprint density at radius 2 is 0.622 bits per heavy atom. The molecule has 186 valence electrons. The lowest BCUT2D eigenvalue weighted by molar-refractivity contribution is 0.135. The van der Waals surface area contributed by atoms with Crippen LogP contribution in [0.5, 0.6) is 0 Å². The SMILES string of the molecule is O=C(O)O.O=C(O)O.c1ccc(-c2sc(-c3ccccc3)c(-c3ccccc3)c2-c2ccccc2)cc1. The minimum atomic E-state index is -1.83. The van der Waals surface area contributed by atoms with Crippen molar-refractivity contribution in [2.24, 2.45) is 0 Å². The predicted molar refractivity (Wildman–Crippen MR) is 147 cm³/mol. The summed E-state index contributed by atoms with van der Waals surface area (Å²) in [6.45, 7) is 0. The van der Waals surface area contributed by atoms with Crippen LogP contribution in [-0.2, 0) is 0 Å². The van der Waals surface area contributed by atoms with Crippen molar-refractivity contribution in [3.05, 3.63) is 121 Å². The molecule has 0 aliphatic rings. The van der Waals surface area contributed by atoms with E-state index >= 15 is 0 Å². The van der Waals surface area contributed by atoms with Crippen LogP contribution in [0, 0.1) is 0 Å². The molecule has 37 heavy (non-hydrogen) atoms. The van der Waals surface area contributed by atoms with Gasteiger partial charge in [0.25, 0.3) is 0 Å². The Labute approximate surface area is 218 Å². The molecule has 0 aliphatic heterocycles. The summed E-state index contributed by atoms with van der Waals surface area (Å²) in [4.78, 5) is 19.7. The number of hydrogen-bond donors (Lipinski definition) is 4. The Kier molecular flexibility index (Phi) is 9.59. The smallest absolute Gasteiger partial charge is 0.450 e. The van der Waals surface area contributed by atoms with Gasteiger partial charge in [-0.2, -0.15) is 0 Å². The lowest BCUT2D eigenvalue weighted by Gasteiger charge is -2.10. The molecular weight excluding hydrogens is 488 g/mol. The largest absolute Gasteiger partial charge is 0.503 e. The van der Waals surface area contributed by atoms with E-state index in [1.54, 1.807) is 0 Å². The van der Waals surface area contributed by atoms with Crippen LogP contribution in [0.1, 0.15) is 0 Å². The minimum Gasteiger partial charge on any atom is -0.450 e. The van der Waals surface area contributed by atoms with Crippen molar-refractivity contribution in [3.8, 4) is 43.1 Å². The molecule has 0 atom stereocenters. The Morgan fingerprint density at radius 3 is 0.865 bits per heavy atom. The second-order valence-corrected chi connectivity index (χ2v) is 8.56. The summed E-state index contributed by atoms with van der Waals surface area (Å²) in [6, 6.07) is 43.0. The Bertz CT molecular complexity index is 1300. The van der Waals surface area contributed by atoms with Gasteiger partial charge >= 0.3 is 12.3 Å². The molecule has 0 bridgehead atoms. The van der Waals surface area contributed by atoms with E-state index in [2.05, 4.69) is 121 Å². The van der Waals surface area contributed by atoms with Crippen LogP contribution in [-0.4, -0.2) is 32.7 Å². The van der Waals surface area contributed by atoms with Crippen LogP contribution in [0.15, 0.2) is 121 Å². The maximum Gasteiger partial charge on any atom is 0.503 e. The number of thiophene rings is 1. The van der Waals surface area contributed by atoms with E-state index in [1.165, 1.54) is 43.1 Å². The molecule has 0 saturated heterocycles. The predicted octanol–water partition coefficient (Wildman–Crippen LogP) is 8.86. The van der Waals surface area contributed by atoms with Gasteiger partial charge in [-0.25, -0.2) is 9.59 Å². The van der Waals surface area contributed by atoms with Crippen LogP contribution in [0.2, 0.25) is 0 Å². The van der Waals surface area contributed by atoms with Crippen molar-refractivity contribution in [1.82, 2.24) is 0 Å². The summed E-state index contributed by atoms with van der Waals surface area (Å²) in [5.41, 5.74) is 7.65. The molecule has 6 nitrogen and oxygen atoms in total. The molecule has 5 rings (SSSR count). The highest BCUT2D eigenvalue weighted by atomic mass is 32.1. The fourth-order valence-electron chi connectivity index (χ4n) is 3.78. The van der Waals surface area contributed by atoms with Gasteiger partial charge in [0.05, 0.1) is 0 Å². The van der Waals surface area contributed by atoms with E-state index in [1.807, 2.05) is 11.3 Å². The zero-order valence-electron chi connectivity index (χ0n) is 19.6. The molecular formula is C30H24O6S. The first-order valence-corrected chi connectivity index (χ1v) is 11.9. The van der Waals surface area contributed by atoms with E-state index in [9.17, 15) is 0 Å². The summed E-state index contributed by atoms with van der Waals surface area (Å²) in [5.74, 6) is 0. The number of benzene rings is 4. The van der Waals surface area contributed by atoms with Gasteiger partial charge in [0.15, 0.2) is 0 Å². The van der Waals surface area contributed by atoms with Crippen LogP contribution in [0.4, 0.5) is 9.59 Å². The number of hydrogen-bond acceptors (Lipinski definition) is 3. The lowest BCUT2D eigenvalue weighted by atomic mass is 9.91. The quantitative estimate of drug-likeness (QED) is 0.191. The Morgan fingerprint density at radius 1 is 0.405 bits per heavy atom. The molecule has 4 N–H and O–H groups in total. The number of carboxylic acid groups (broad SMARTS) is 4. The third-order valence-corrected chi connectivity index (χ3v) is 6.39. The highest BCUT2D eigenvalue weighted by Gasteiger charge is 2.22. The zero-order chi connectivity index (χ0) is 26.6. The minimum absolute atomic E-state index is 1.25. The first-order chi connectivity index (χ1) is 17.9. The molecule has 0 unspecified atom stereocenters. The normalized spacial score (nSPS) is 9.73. The molecule has 1 heterocycles. The van der Waals surface area contributed by atoms with Gasteiger partial charge in [0, 0.05) is 20.9 Å². The van der Waals surface area contributed by atoms with Gasteiger partial charge in [0.1, 0.15) is 0 Å². The molecule has 5 aromatic rings. The molecule has 0 fully saturated rings. The molecule has 0 spiro atoms. The summed E-state index contributed by atoms with van der Waals surface area (Å²) >= 11 is 1.88. The van der Waals surface area contributed by atoms with Gasteiger partial charge < -0.3 is 20.4 Å². The average Bonchev–Trinajstić information content (AvgIpc) is 3.31. The van der Waals surface area contributed by atoms with Crippen molar-refractivity contribution < 1.29 is 30.0 Å². The molecule has 0 radical (unpaired) electrons. The lowest BCUT2D eigenvalue weighted by Crippen LogP contribution is -1.85. The summed E-state index contributed by atoms with van der Waals surface area (Å²) < 4.78 is 0. The average molecular weight is 513 g/mol. The van der Waals surface area contributed by atoms with Crippen molar-refractivity contribution in [3.63, 3.8) is 0 Å². The van der Waals surface area contributed by atoms with Gasteiger partial charge in [-0.15, -0.1) is 11.3 Å². The molecule has 1 aromatic heterocycles. The Hall–Kier alpha value is -4.88. The first kappa shape index (κ1) is 26.7. The molecule has 0 saturated carbocycles.